The highest BCUT2D eigenvalue weighted by atomic mass is 16.5. The van der Waals surface area contributed by atoms with Crippen LogP contribution in [-0.2, 0) is 6.42 Å². The topological polar surface area (TPSA) is 75.3 Å². The Labute approximate surface area is 126 Å². The van der Waals surface area contributed by atoms with Crippen molar-refractivity contribution in [3.63, 3.8) is 0 Å². The Bertz CT molecular complexity index is 459. The molecule has 1 aromatic heterocycles. The second-order valence-corrected chi connectivity index (χ2v) is 5.90. The predicted molar refractivity (Wildman–Crippen MR) is 83.3 cm³/mol. The zero-order valence-corrected chi connectivity index (χ0v) is 13.4. The van der Waals surface area contributed by atoms with Gasteiger partial charge in [-0.1, -0.05) is 18.5 Å². The van der Waals surface area contributed by atoms with Gasteiger partial charge in [-0.25, -0.2) is 0 Å². The van der Waals surface area contributed by atoms with Gasteiger partial charge in [0.15, 0.2) is 11.8 Å². The zero-order chi connectivity index (χ0) is 15.1. The Balaban J connectivity index is 1.63. The lowest BCUT2D eigenvalue weighted by Crippen LogP contribution is -2.46. The predicted octanol–water partition coefficient (Wildman–Crippen LogP) is 2.06. The maximum Gasteiger partial charge on any atom is 0.226 e. The Kier molecular flexibility index (Phi) is 5.59. The van der Waals surface area contributed by atoms with Crippen LogP contribution in [0, 0.1) is 12.3 Å². The van der Waals surface area contributed by atoms with Crippen molar-refractivity contribution in [2.75, 3.05) is 20.1 Å². The van der Waals surface area contributed by atoms with Gasteiger partial charge in [0.25, 0.3) is 0 Å². The van der Waals surface area contributed by atoms with E-state index in [0.717, 1.165) is 31.9 Å². The van der Waals surface area contributed by atoms with Gasteiger partial charge in [-0.15, -0.1) is 0 Å². The first-order chi connectivity index (χ1) is 10.2. The number of aliphatic imine (C=N–C) groups is 1. The quantitative estimate of drug-likeness (QED) is 0.457. The molecule has 1 aliphatic carbocycles. The van der Waals surface area contributed by atoms with Crippen molar-refractivity contribution in [3.05, 3.63) is 11.7 Å². The molecule has 1 aromatic rings. The van der Waals surface area contributed by atoms with Gasteiger partial charge in [-0.2, -0.15) is 4.98 Å². The summed E-state index contributed by atoms with van der Waals surface area (Å²) in [5.41, 5.74) is 0.499. The summed E-state index contributed by atoms with van der Waals surface area (Å²) in [7, 11) is 1.82. The number of hydrogen-bond acceptors (Lipinski definition) is 4. The average Bonchev–Trinajstić information content (AvgIpc) is 2.86. The SMILES string of the molecule is CCC1(CNC(=NC)NCCCc2nc(C)no2)CCC1. The van der Waals surface area contributed by atoms with Crippen LogP contribution in [0.2, 0.25) is 0 Å². The summed E-state index contributed by atoms with van der Waals surface area (Å²) in [5.74, 6) is 2.29. The Morgan fingerprint density at radius 3 is 2.71 bits per heavy atom. The molecule has 0 radical (unpaired) electrons. The lowest BCUT2D eigenvalue weighted by molar-refractivity contribution is 0.131. The zero-order valence-electron chi connectivity index (χ0n) is 13.4. The van der Waals surface area contributed by atoms with Gasteiger partial charge in [0.1, 0.15) is 0 Å². The molecule has 1 heterocycles. The molecule has 118 valence electrons. The molecule has 0 unspecified atom stereocenters. The van der Waals surface area contributed by atoms with E-state index in [1.165, 1.54) is 25.7 Å². The number of aromatic nitrogens is 2. The average molecular weight is 293 g/mol. The number of nitrogens with zero attached hydrogens (tertiary/aromatic N) is 3. The molecule has 6 nitrogen and oxygen atoms in total. The molecule has 0 amide bonds. The molecule has 21 heavy (non-hydrogen) atoms. The number of aryl methyl sites for hydroxylation is 2. The third-order valence-electron chi connectivity index (χ3n) is 4.45. The van der Waals surface area contributed by atoms with Crippen LogP contribution < -0.4 is 10.6 Å². The van der Waals surface area contributed by atoms with Crippen LogP contribution in [0.3, 0.4) is 0 Å². The van der Waals surface area contributed by atoms with E-state index < -0.39 is 0 Å². The highest BCUT2D eigenvalue weighted by molar-refractivity contribution is 5.79. The van der Waals surface area contributed by atoms with Crippen LogP contribution in [0.25, 0.3) is 0 Å². The van der Waals surface area contributed by atoms with Crippen LogP contribution in [0.1, 0.15) is 50.7 Å². The van der Waals surface area contributed by atoms with Gasteiger partial charge in [0.2, 0.25) is 5.89 Å². The standard InChI is InChI=1S/C15H27N5O/c1-4-15(8-6-9-15)11-18-14(16-3)17-10-5-7-13-19-12(2)20-21-13/h4-11H2,1-3H3,(H2,16,17,18). The Hall–Kier alpha value is -1.59. The molecule has 0 saturated heterocycles. The fourth-order valence-corrected chi connectivity index (χ4v) is 2.71. The van der Waals surface area contributed by atoms with Crippen molar-refractivity contribution in [1.29, 1.82) is 0 Å². The van der Waals surface area contributed by atoms with E-state index in [1.807, 2.05) is 14.0 Å². The number of nitrogens with one attached hydrogen (secondary N) is 2. The first kappa shape index (κ1) is 15.8. The maximum absolute atomic E-state index is 5.09. The summed E-state index contributed by atoms with van der Waals surface area (Å²) in [6.45, 7) is 5.98. The third kappa shape index (κ3) is 4.44. The van der Waals surface area contributed by atoms with E-state index in [4.69, 9.17) is 4.52 Å². The highest BCUT2D eigenvalue weighted by Gasteiger charge is 2.34. The van der Waals surface area contributed by atoms with Gasteiger partial charge in [-0.05, 0) is 38.0 Å². The Morgan fingerprint density at radius 2 is 2.19 bits per heavy atom. The van der Waals surface area contributed by atoms with Crippen molar-refractivity contribution in [1.82, 2.24) is 20.8 Å². The second kappa shape index (κ2) is 7.43. The molecule has 1 fully saturated rings. The minimum Gasteiger partial charge on any atom is -0.356 e. The minimum atomic E-state index is 0.499. The molecule has 6 heteroatoms. The fraction of sp³-hybridized carbons (Fsp3) is 0.800. The van der Waals surface area contributed by atoms with E-state index in [-0.39, 0.29) is 0 Å². The summed E-state index contributed by atoms with van der Waals surface area (Å²) in [6.07, 6.45) is 7.03. The summed E-state index contributed by atoms with van der Waals surface area (Å²) >= 11 is 0. The van der Waals surface area contributed by atoms with Gasteiger partial charge in [0.05, 0.1) is 0 Å². The molecule has 2 N–H and O–H groups in total. The number of guanidine groups is 1. The number of hydrogen-bond donors (Lipinski definition) is 2. The highest BCUT2D eigenvalue weighted by Crippen LogP contribution is 2.42. The third-order valence-corrected chi connectivity index (χ3v) is 4.45. The van der Waals surface area contributed by atoms with Gasteiger partial charge >= 0.3 is 0 Å². The van der Waals surface area contributed by atoms with Gasteiger partial charge < -0.3 is 15.2 Å². The molecule has 1 saturated carbocycles. The molecule has 0 aromatic carbocycles. The van der Waals surface area contributed by atoms with Crippen molar-refractivity contribution in [2.24, 2.45) is 10.4 Å². The molecular formula is C15H27N5O. The molecular weight excluding hydrogens is 266 g/mol. The molecule has 0 aliphatic heterocycles. The van der Waals surface area contributed by atoms with Gasteiger partial charge in [-0.3, -0.25) is 4.99 Å². The first-order valence-electron chi connectivity index (χ1n) is 7.91. The fourth-order valence-electron chi connectivity index (χ4n) is 2.71. The molecule has 1 aliphatic rings. The van der Waals surface area contributed by atoms with Crippen molar-refractivity contribution >= 4 is 5.96 Å². The summed E-state index contributed by atoms with van der Waals surface area (Å²) < 4.78 is 5.09. The lowest BCUT2D eigenvalue weighted by Gasteiger charge is -2.41. The van der Waals surface area contributed by atoms with Crippen molar-refractivity contribution in [2.45, 2.75) is 52.4 Å². The van der Waals surface area contributed by atoms with E-state index in [9.17, 15) is 0 Å². The van der Waals surface area contributed by atoms with Crippen LogP contribution >= 0.6 is 0 Å². The smallest absolute Gasteiger partial charge is 0.226 e. The normalized spacial score (nSPS) is 17.4. The van der Waals surface area contributed by atoms with Crippen LogP contribution in [-0.4, -0.2) is 36.2 Å². The van der Waals surface area contributed by atoms with E-state index >= 15 is 0 Å². The monoisotopic (exact) mass is 293 g/mol. The van der Waals surface area contributed by atoms with E-state index in [0.29, 0.717) is 17.1 Å². The van der Waals surface area contributed by atoms with Crippen molar-refractivity contribution < 1.29 is 4.52 Å². The van der Waals surface area contributed by atoms with Crippen LogP contribution in [0.4, 0.5) is 0 Å². The molecule has 0 spiro atoms. The molecule has 0 atom stereocenters. The maximum atomic E-state index is 5.09. The van der Waals surface area contributed by atoms with Crippen LogP contribution in [0.5, 0.6) is 0 Å². The van der Waals surface area contributed by atoms with E-state index in [2.05, 4.69) is 32.7 Å². The largest absolute Gasteiger partial charge is 0.356 e. The molecule has 2 rings (SSSR count). The Morgan fingerprint density at radius 1 is 1.38 bits per heavy atom. The summed E-state index contributed by atoms with van der Waals surface area (Å²) in [4.78, 5) is 8.47. The lowest BCUT2D eigenvalue weighted by atomic mass is 9.67. The first-order valence-corrected chi connectivity index (χ1v) is 7.91. The summed E-state index contributed by atoms with van der Waals surface area (Å²) in [5, 5.41) is 10.6. The van der Waals surface area contributed by atoms with Crippen molar-refractivity contribution in [3.8, 4) is 0 Å². The van der Waals surface area contributed by atoms with Crippen LogP contribution in [0.15, 0.2) is 9.52 Å². The number of rotatable bonds is 7. The molecule has 0 bridgehead atoms. The second-order valence-electron chi connectivity index (χ2n) is 5.90. The van der Waals surface area contributed by atoms with E-state index in [1.54, 1.807) is 0 Å². The summed E-state index contributed by atoms with van der Waals surface area (Å²) in [6, 6.07) is 0. The van der Waals surface area contributed by atoms with Gasteiger partial charge in [0, 0.05) is 26.6 Å². The minimum absolute atomic E-state index is 0.499.